The molecule has 0 aromatic heterocycles. The monoisotopic (exact) mass is 878 g/mol. The molecule has 0 saturated heterocycles. The van der Waals surface area contributed by atoms with Crippen molar-refractivity contribution in [2.24, 2.45) is 0 Å². The van der Waals surface area contributed by atoms with E-state index in [9.17, 15) is 0 Å². The number of nitrogens with zero attached hydrogens (tertiary/aromatic N) is 2. The van der Waals surface area contributed by atoms with Gasteiger partial charge in [-0.1, -0.05) is 196 Å². The zero-order valence-electron chi connectivity index (χ0n) is 38.5. The zero-order chi connectivity index (χ0) is 45.8. The SMILES string of the molecule is CC1(C)c2cc(/C=C/c3ccc(N(c4ccccc4)c4ccc5ccc6cccc7ccc4c5c67)cc3)ccc2-c2ccc(N(c3ccccc3)c3ccc4ccc5cccc6ccc3c4c56)cc21. The average molecular weight is 879 g/mol. The van der Waals surface area contributed by atoms with Crippen LogP contribution in [0, 0.1) is 0 Å². The highest BCUT2D eigenvalue weighted by atomic mass is 15.1. The van der Waals surface area contributed by atoms with Gasteiger partial charge in [-0.05, 0) is 148 Å². The van der Waals surface area contributed by atoms with Gasteiger partial charge in [-0.3, -0.25) is 0 Å². The minimum absolute atomic E-state index is 0.205. The molecule has 0 N–H and O–H groups in total. The van der Waals surface area contributed by atoms with Crippen LogP contribution in [-0.4, -0.2) is 0 Å². The Kier molecular flexibility index (Phi) is 8.66. The summed E-state index contributed by atoms with van der Waals surface area (Å²) in [6, 6.07) is 85.3. The lowest BCUT2D eigenvalue weighted by atomic mass is 9.81. The molecule has 13 aromatic carbocycles. The fourth-order valence-electron chi connectivity index (χ4n) is 11.8. The number of anilines is 6. The summed E-state index contributed by atoms with van der Waals surface area (Å²) >= 11 is 0. The third-order valence-corrected chi connectivity index (χ3v) is 15.1. The maximum atomic E-state index is 2.45. The van der Waals surface area contributed by atoms with Crippen molar-refractivity contribution >= 4 is 111 Å². The second kappa shape index (κ2) is 15.2. The van der Waals surface area contributed by atoms with Crippen molar-refractivity contribution in [2.45, 2.75) is 19.3 Å². The summed E-state index contributed by atoms with van der Waals surface area (Å²) < 4.78 is 0. The van der Waals surface area contributed by atoms with Crippen molar-refractivity contribution in [2.75, 3.05) is 9.80 Å². The van der Waals surface area contributed by atoms with Gasteiger partial charge in [0, 0.05) is 38.9 Å². The molecule has 0 amide bonds. The van der Waals surface area contributed by atoms with Crippen LogP contribution >= 0.6 is 0 Å². The molecule has 0 spiro atoms. The van der Waals surface area contributed by atoms with Crippen LogP contribution < -0.4 is 9.80 Å². The van der Waals surface area contributed by atoms with Crippen LogP contribution in [0.15, 0.2) is 231 Å². The Morgan fingerprint density at radius 1 is 0.304 bits per heavy atom. The molecular weight excluding hydrogens is 833 g/mol. The third kappa shape index (κ3) is 6.12. The summed E-state index contributed by atoms with van der Waals surface area (Å²) in [5, 5.41) is 15.5. The highest BCUT2D eigenvalue weighted by Gasteiger charge is 2.36. The van der Waals surface area contributed by atoms with Crippen LogP contribution in [0.25, 0.3) is 87.9 Å². The molecule has 1 aliphatic carbocycles. The van der Waals surface area contributed by atoms with Gasteiger partial charge in [0.1, 0.15) is 0 Å². The van der Waals surface area contributed by atoms with Crippen LogP contribution in [0.4, 0.5) is 34.1 Å². The Bertz CT molecular complexity index is 4120. The van der Waals surface area contributed by atoms with E-state index in [1.807, 2.05) is 0 Å². The normalized spacial score (nSPS) is 13.1. The minimum atomic E-state index is -0.205. The highest BCUT2D eigenvalue weighted by molar-refractivity contribution is 6.27. The number of fused-ring (bicyclic) bond motifs is 3. The molecule has 14 rings (SSSR count). The van der Waals surface area contributed by atoms with Gasteiger partial charge < -0.3 is 9.80 Å². The van der Waals surface area contributed by atoms with Crippen molar-refractivity contribution in [3.8, 4) is 11.1 Å². The Balaban J connectivity index is 0.795. The van der Waals surface area contributed by atoms with E-state index < -0.39 is 0 Å². The van der Waals surface area contributed by atoms with E-state index in [4.69, 9.17) is 0 Å². The number of para-hydroxylation sites is 2. The van der Waals surface area contributed by atoms with E-state index in [1.54, 1.807) is 0 Å². The second-order valence-corrected chi connectivity index (χ2v) is 19.3. The Morgan fingerprint density at radius 3 is 1.23 bits per heavy atom. The Hall–Kier alpha value is -8.72. The Labute approximate surface area is 401 Å². The molecule has 324 valence electrons. The van der Waals surface area contributed by atoms with E-state index in [1.165, 1.54) is 104 Å². The molecule has 0 bridgehead atoms. The number of hydrogen-bond acceptors (Lipinski definition) is 2. The lowest BCUT2D eigenvalue weighted by molar-refractivity contribution is 0.660. The standard InChI is InChI=1S/C67H46N2/c1-67(2)59-41-44(20-19-43-21-32-53(33-22-43)68(51-15-5-3-6-16-51)61-39-30-49-26-24-45-11-9-13-47-28-36-57(61)65(49)63(45)47)23-35-55(59)56-38-34-54(42-60(56)67)69(52-17-7-4-8-18-52)62-40-31-50-27-25-46-12-10-14-48-29-37-58(62)66(50)64(46)48/h3-42H,1-2H3/b20-19+. The van der Waals surface area contributed by atoms with Crippen LogP contribution in [0.2, 0.25) is 0 Å². The number of hydrogen-bond donors (Lipinski definition) is 0. The molecule has 13 aromatic rings. The highest BCUT2D eigenvalue weighted by Crippen LogP contribution is 2.52. The maximum Gasteiger partial charge on any atom is 0.0540 e. The van der Waals surface area contributed by atoms with Gasteiger partial charge in [-0.15, -0.1) is 0 Å². The molecule has 69 heavy (non-hydrogen) atoms. The largest absolute Gasteiger partial charge is 0.310 e. The summed E-state index contributed by atoms with van der Waals surface area (Å²) in [5.41, 5.74) is 14.4. The van der Waals surface area contributed by atoms with Crippen LogP contribution in [0.1, 0.15) is 36.1 Å². The first kappa shape index (κ1) is 39.4. The number of rotatable bonds is 8. The van der Waals surface area contributed by atoms with E-state index in [-0.39, 0.29) is 5.41 Å². The molecule has 0 fully saturated rings. The fraction of sp³-hybridized carbons (Fsp3) is 0.0448. The summed E-state index contributed by atoms with van der Waals surface area (Å²) in [6.45, 7) is 4.77. The topological polar surface area (TPSA) is 6.48 Å². The summed E-state index contributed by atoms with van der Waals surface area (Å²) in [4.78, 5) is 4.85. The lowest BCUT2D eigenvalue weighted by Gasteiger charge is -2.29. The predicted octanol–water partition coefficient (Wildman–Crippen LogP) is 18.9. The fourth-order valence-corrected chi connectivity index (χ4v) is 11.8. The molecule has 1 aliphatic rings. The van der Waals surface area contributed by atoms with Crippen LogP contribution in [0.5, 0.6) is 0 Å². The third-order valence-electron chi connectivity index (χ3n) is 15.1. The van der Waals surface area contributed by atoms with Crippen molar-refractivity contribution in [3.63, 3.8) is 0 Å². The second-order valence-electron chi connectivity index (χ2n) is 19.3. The van der Waals surface area contributed by atoms with Gasteiger partial charge in [-0.2, -0.15) is 0 Å². The molecular formula is C67H46N2. The minimum Gasteiger partial charge on any atom is -0.310 e. The first-order chi connectivity index (χ1) is 34.0. The van der Waals surface area contributed by atoms with Gasteiger partial charge in [0.05, 0.1) is 11.4 Å². The van der Waals surface area contributed by atoms with Gasteiger partial charge in [0.15, 0.2) is 0 Å². The van der Waals surface area contributed by atoms with Gasteiger partial charge >= 0.3 is 0 Å². The first-order valence-corrected chi connectivity index (χ1v) is 24.1. The molecule has 2 nitrogen and oxygen atoms in total. The summed E-state index contributed by atoms with van der Waals surface area (Å²) in [7, 11) is 0. The van der Waals surface area contributed by atoms with Crippen LogP contribution in [-0.2, 0) is 5.41 Å². The number of benzene rings is 13. The van der Waals surface area contributed by atoms with Gasteiger partial charge in [0.2, 0.25) is 0 Å². The van der Waals surface area contributed by atoms with E-state index in [0.29, 0.717) is 0 Å². The molecule has 0 aliphatic heterocycles. The van der Waals surface area contributed by atoms with E-state index in [0.717, 1.165) is 28.3 Å². The summed E-state index contributed by atoms with van der Waals surface area (Å²) in [6.07, 6.45) is 4.51. The first-order valence-electron chi connectivity index (χ1n) is 24.1. The maximum absolute atomic E-state index is 2.45. The zero-order valence-corrected chi connectivity index (χ0v) is 38.5. The van der Waals surface area contributed by atoms with Gasteiger partial charge in [0.25, 0.3) is 0 Å². The van der Waals surface area contributed by atoms with Crippen molar-refractivity contribution in [1.82, 2.24) is 0 Å². The molecule has 2 heteroatoms. The molecule has 0 heterocycles. The molecule has 0 saturated carbocycles. The lowest BCUT2D eigenvalue weighted by Crippen LogP contribution is -2.17. The van der Waals surface area contributed by atoms with Crippen LogP contribution in [0.3, 0.4) is 0 Å². The van der Waals surface area contributed by atoms with E-state index in [2.05, 4.69) is 266 Å². The van der Waals surface area contributed by atoms with Crippen molar-refractivity contribution < 1.29 is 0 Å². The molecule has 0 radical (unpaired) electrons. The predicted molar refractivity (Wildman–Crippen MR) is 296 cm³/mol. The molecule has 0 unspecified atom stereocenters. The van der Waals surface area contributed by atoms with Crippen molar-refractivity contribution in [1.29, 1.82) is 0 Å². The smallest absolute Gasteiger partial charge is 0.0540 e. The average Bonchev–Trinajstić information content (AvgIpc) is 3.62. The summed E-state index contributed by atoms with van der Waals surface area (Å²) in [5.74, 6) is 0. The van der Waals surface area contributed by atoms with E-state index >= 15 is 0 Å². The van der Waals surface area contributed by atoms with Crippen molar-refractivity contribution in [3.05, 3.63) is 253 Å². The quantitative estimate of drug-likeness (QED) is 0.111. The Morgan fingerprint density at radius 2 is 0.696 bits per heavy atom. The van der Waals surface area contributed by atoms with Gasteiger partial charge in [-0.25, -0.2) is 0 Å². The molecule has 0 atom stereocenters.